The summed E-state index contributed by atoms with van der Waals surface area (Å²) in [5.74, 6) is 0.410. The first-order valence-electron chi connectivity index (χ1n) is 6.54. The number of ether oxygens (including phenoxy) is 2. The van der Waals surface area contributed by atoms with Gasteiger partial charge in [0.2, 0.25) is 0 Å². The Morgan fingerprint density at radius 1 is 1.33 bits per heavy atom. The molecule has 5 heteroatoms. The van der Waals surface area contributed by atoms with Gasteiger partial charge in [-0.25, -0.2) is 4.79 Å². The highest BCUT2D eigenvalue weighted by Crippen LogP contribution is 2.32. The summed E-state index contributed by atoms with van der Waals surface area (Å²) in [5.41, 5.74) is -0.434. The monoisotopic (exact) mass is 256 g/mol. The Labute approximate surface area is 109 Å². The van der Waals surface area contributed by atoms with Crippen molar-refractivity contribution in [2.45, 2.75) is 38.5 Å². The van der Waals surface area contributed by atoms with Gasteiger partial charge in [0.15, 0.2) is 0 Å². The number of amides is 1. The molecule has 2 unspecified atom stereocenters. The average Bonchev–Trinajstić information content (AvgIpc) is 2.70. The number of hydrogen-bond acceptors (Lipinski definition) is 4. The standard InChI is InChI=1S/C13H24N2O3/c1-13(2,3)18-12(16)15-6-9-10(14(4)5)8-17-11(9)7-15/h9-11H,6-8H2,1-5H3/t9-,10?,11?/m1/s1. The molecule has 0 spiro atoms. The molecule has 0 saturated carbocycles. The van der Waals surface area contributed by atoms with Gasteiger partial charge in [-0.05, 0) is 34.9 Å². The second kappa shape index (κ2) is 4.70. The molecule has 0 aliphatic carbocycles. The summed E-state index contributed by atoms with van der Waals surface area (Å²) in [6, 6.07) is 0.405. The zero-order chi connectivity index (χ0) is 13.5. The normalized spacial score (nSPS) is 31.9. The summed E-state index contributed by atoms with van der Waals surface area (Å²) in [6.07, 6.45) is -0.0528. The SMILES string of the molecule is CN(C)C1COC2CN(C(=O)OC(C)(C)C)C[C@@H]21. The molecule has 18 heavy (non-hydrogen) atoms. The van der Waals surface area contributed by atoms with Crippen LogP contribution in [0.5, 0.6) is 0 Å². The van der Waals surface area contributed by atoms with E-state index in [1.165, 1.54) is 0 Å². The zero-order valence-corrected chi connectivity index (χ0v) is 12.0. The number of likely N-dealkylation sites (N-methyl/N-ethyl adjacent to an activating group) is 1. The molecule has 2 fully saturated rings. The van der Waals surface area contributed by atoms with Crippen LogP contribution in [-0.4, -0.2) is 67.4 Å². The Hall–Kier alpha value is -0.810. The molecular formula is C13H24N2O3. The number of carbonyl (C=O) groups is 1. The first-order chi connectivity index (χ1) is 8.28. The van der Waals surface area contributed by atoms with Crippen LogP contribution in [0.25, 0.3) is 0 Å². The van der Waals surface area contributed by atoms with Gasteiger partial charge in [0, 0.05) is 18.5 Å². The van der Waals surface area contributed by atoms with Gasteiger partial charge in [0.25, 0.3) is 0 Å². The molecule has 3 atom stereocenters. The van der Waals surface area contributed by atoms with Crippen LogP contribution in [0, 0.1) is 5.92 Å². The van der Waals surface area contributed by atoms with Gasteiger partial charge in [-0.3, -0.25) is 0 Å². The molecule has 0 aromatic carbocycles. The van der Waals surface area contributed by atoms with E-state index < -0.39 is 5.60 Å². The van der Waals surface area contributed by atoms with Crippen molar-refractivity contribution in [2.75, 3.05) is 33.8 Å². The second-order valence-electron chi connectivity index (χ2n) is 6.45. The molecule has 2 saturated heterocycles. The second-order valence-corrected chi connectivity index (χ2v) is 6.45. The summed E-state index contributed by atoms with van der Waals surface area (Å²) in [4.78, 5) is 16.0. The number of carbonyl (C=O) groups excluding carboxylic acids is 1. The Morgan fingerprint density at radius 3 is 2.56 bits per heavy atom. The zero-order valence-electron chi connectivity index (χ0n) is 12.0. The molecule has 2 aliphatic heterocycles. The van der Waals surface area contributed by atoms with Crippen molar-refractivity contribution in [3.05, 3.63) is 0 Å². The molecule has 2 rings (SSSR count). The lowest BCUT2D eigenvalue weighted by Gasteiger charge is -2.26. The fourth-order valence-corrected chi connectivity index (χ4v) is 2.70. The lowest BCUT2D eigenvalue weighted by Crippen LogP contribution is -2.40. The molecule has 104 valence electrons. The van der Waals surface area contributed by atoms with Crippen LogP contribution in [0.4, 0.5) is 4.79 Å². The minimum Gasteiger partial charge on any atom is -0.444 e. The van der Waals surface area contributed by atoms with Crippen molar-refractivity contribution in [1.29, 1.82) is 0 Å². The van der Waals surface area contributed by atoms with E-state index in [-0.39, 0.29) is 12.2 Å². The molecule has 0 aromatic heterocycles. The highest BCUT2D eigenvalue weighted by molar-refractivity contribution is 5.68. The molecule has 0 bridgehead atoms. The Kier molecular flexibility index (Phi) is 3.56. The topological polar surface area (TPSA) is 42.0 Å². The smallest absolute Gasteiger partial charge is 0.410 e. The van der Waals surface area contributed by atoms with Crippen molar-refractivity contribution in [1.82, 2.24) is 9.80 Å². The molecule has 2 heterocycles. The summed E-state index contributed by atoms with van der Waals surface area (Å²) >= 11 is 0. The van der Waals surface area contributed by atoms with Gasteiger partial charge in [0.05, 0.1) is 19.3 Å². The lowest BCUT2D eigenvalue weighted by atomic mass is 10.00. The Bertz CT molecular complexity index is 325. The molecule has 5 nitrogen and oxygen atoms in total. The predicted molar refractivity (Wildman–Crippen MR) is 68.5 cm³/mol. The van der Waals surface area contributed by atoms with Crippen LogP contribution < -0.4 is 0 Å². The maximum atomic E-state index is 12.0. The number of hydrogen-bond donors (Lipinski definition) is 0. The lowest BCUT2D eigenvalue weighted by molar-refractivity contribution is 0.0217. The van der Waals surface area contributed by atoms with Crippen LogP contribution >= 0.6 is 0 Å². The minimum absolute atomic E-state index is 0.171. The maximum absolute atomic E-state index is 12.0. The van der Waals surface area contributed by atoms with Crippen LogP contribution in [0.3, 0.4) is 0 Å². The highest BCUT2D eigenvalue weighted by atomic mass is 16.6. The summed E-state index contributed by atoms with van der Waals surface area (Å²) in [5, 5.41) is 0. The fourth-order valence-electron chi connectivity index (χ4n) is 2.70. The molecule has 0 radical (unpaired) electrons. The van der Waals surface area contributed by atoms with E-state index in [9.17, 15) is 4.79 Å². The molecule has 0 N–H and O–H groups in total. The van der Waals surface area contributed by atoms with Crippen LogP contribution in [-0.2, 0) is 9.47 Å². The van der Waals surface area contributed by atoms with Crippen molar-refractivity contribution < 1.29 is 14.3 Å². The maximum Gasteiger partial charge on any atom is 0.410 e. The van der Waals surface area contributed by atoms with E-state index in [0.717, 1.165) is 13.2 Å². The van der Waals surface area contributed by atoms with Crippen molar-refractivity contribution in [2.24, 2.45) is 5.92 Å². The fraction of sp³-hybridized carbons (Fsp3) is 0.923. The van der Waals surface area contributed by atoms with Crippen LogP contribution in [0.2, 0.25) is 0 Å². The minimum atomic E-state index is -0.434. The number of fused-ring (bicyclic) bond motifs is 1. The first-order valence-corrected chi connectivity index (χ1v) is 6.54. The van der Waals surface area contributed by atoms with Gasteiger partial charge in [-0.1, -0.05) is 0 Å². The highest BCUT2D eigenvalue weighted by Gasteiger charge is 2.46. The Balaban J connectivity index is 1.95. The van der Waals surface area contributed by atoms with Crippen LogP contribution in [0.15, 0.2) is 0 Å². The van der Waals surface area contributed by atoms with Crippen molar-refractivity contribution >= 4 is 6.09 Å². The third-order valence-corrected chi connectivity index (χ3v) is 3.60. The van der Waals surface area contributed by atoms with Crippen LogP contribution in [0.1, 0.15) is 20.8 Å². The molecule has 2 aliphatic rings. The van der Waals surface area contributed by atoms with E-state index in [0.29, 0.717) is 18.5 Å². The summed E-state index contributed by atoms with van der Waals surface area (Å²) < 4.78 is 11.2. The van der Waals surface area contributed by atoms with Crippen molar-refractivity contribution in [3.63, 3.8) is 0 Å². The largest absolute Gasteiger partial charge is 0.444 e. The first kappa shape index (κ1) is 13.6. The number of nitrogens with zero attached hydrogens (tertiary/aromatic N) is 2. The van der Waals surface area contributed by atoms with Crippen molar-refractivity contribution in [3.8, 4) is 0 Å². The van der Waals surface area contributed by atoms with E-state index in [4.69, 9.17) is 9.47 Å². The van der Waals surface area contributed by atoms with E-state index >= 15 is 0 Å². The number of likely N-dealkylation sites (tertiary alicyclic amines) is 1. The quantitative estimate of drug-likeness (QED) is 0.706. The molecule has 0 aromatic rings. The van der Waals surface area contributed by atoms with E-state index in [2.05, 4.69) is 19.0 Å². The predicted octanol–water partition coefficient (Wildman–Crippen LogP) is 1.18. The number of rotatable bonds is 1. The third-order valence-electron chi connectivity index (χ3n) is 3.60. The van der Waals surface area contributed by atoms with E-state index in [1.807, 2.05) is 20.8 Å². The Morgan fingerprint density at radius 2 is 2.00 bits per heavy atom. The molecular weight excluding hydrogens is 232 g/mol. The van der Waals surface area contributed by atoms with Gasteiger partial charge < -0.3 is 19.3 Å². The summed E-state index contributed by atoms with van der Waals surface area (Å²) in [7, 11) is 4.12. The average molecular weight is 256 g/mol. The summed E-state index contributed by atoms with van der Waals surface area (Å²) in [6.45, 7) is 7.83. The van der Waals surface area contributed by atoms with E-state index in [1.54, 1.807) is 4.90 Å². The van der Waals surface area contributed by atoms with Gasteiger partial charge >= 0.3 is 6.09 Å². The third kappa shape index (κ3) is 2.78. The van der Waals surface area contributed by atoms with Gasteiger partial charge in [0.1, 0.15) is 5.60 Å². The van der Waals surface area contributed by atoms with Gasteiger partial charge in [-0.15, -0.1) is 0 Å². The van der Waals surface area contributed by atoms with Gasteiger partial charge in [-0.2, -0.15) is 0 Å². The molecule has 1 amide bonds.